The summed E-state index contributed by atoms with van der Waals surface area (Å²) < 4.78 is 6.60. The van der Waals surface area contributed by atoms with Gasteiger partial charge < -0.3 is 10.1 Å². The Kier molecular flexibility index (Phi) is 5.97. The van der Waals surface area contributed by atoms with Crippen molar-refractivity contribution in [1.29, 1.82) is 0 Å². The Morgan fingerprint density at radius 1 is 1.00 bits per heavy atom. The van der Waals surface area contributed by atoms with Gasteiger partial charge in [-0.3, -0.25) is 0 Å². The molecule has 0 aromatic carbocycles. The lowest BCUT2D eigenvalue weighted by Gasteiger charge is -2.36. The van der Waals surface area contributed by atoms with Crippen LogP contribution in [0.2, 0.25) is 0 Å². The highest BCUT2D eigenvalue weighted by Crippen LogP contribution is 2.34. The van der Waals surface area contributed by atoms with Gasteiger partial charge in [0.25, 0.3) is 0 Å². The van der Waals surface area contributed by atoms with E-state index in [2.05, 4.69) is 12.2 Å². The van der Waals surface area contributed by atoms with Gasteiger partial charge in [0.05, 0.1) is 11.7 Å². The van der Waals surface area contributed by atoms with Crippen LogP contribution in [0.5, 0.6) is 0 Å². The molecule has 106 valence electrons. The molecule has 2 saturated carbocycles. The number of rotatable bonds is 6. The summed E-state index contributed by atoms with van der Waals surface area (Å²) in [5.41, 5.74) is 0.167. The van der Waals surface area contributed by atoms with Crippen LogP contribution in [0.15, 0.2) is 0 Å². The van der Waals surface area contributed by atoms with Gasteiger partial charge in [-0.1, -0.05) is 45.4 Å². The third-order valence-electron chi connectivity index (χ3n) is 4.61. The van der Waals surface area contributed by atoms with Gasteiger partial charge in [0.15, 0.2) is 0 Å². The Hall–Kier alpha value is -0.0800. The number of nitrogens with one attached hydrogen (secondary N) is 1. The molecular weight excluding hydrogens is 222 g/mol. The van der Waals surface area contributed by atoms with Gasteiger partial charge in [0.2, 0.25) is 0 Å². The lowest BCUT2D eigenvalue weighted by atomic mass is 9.93. The van der Waals surface area contributed by atoms with E-state index in [1.807, 2.05) is 0 Å². The van der Waals surface area contributed by atoms with Gasteiger partial charge in [0.1, 0.15) is 0 Å². The molecule has 2 aliphatic rings. The molecule has 0 aliphatic heterocycles. The van der Waals surface area contributed by atoms with Gasteiger partial charge >= 0.3 is 0 Å². The summed E-state index contributed by atoms with van der Waals surface area (Å²) >= 11 is 0. The highest BCUT2D eigenvalue weighted by Gasteiger charge is 2.34. The fourth-order valence-corrected chi connectivity index (χ4v) is 3.56. The Morgan fingerprint density at radius 3 is 2.28 bits per heavy atom. The van der Waals surface area contributed by atoms with Crippen LogP contribution >= 0.6 is 0 Å². The molecule has 1 N–H and O–H groups in total. The molecule has 0 heterocycles. The molecule has 0 spiro atoms. The normalized spacial score (nSPS) is 25.2. The molecule has 0 amide bonds. The zero-order chi connectivity index (χ0) is 12.7. The minimum absolute atomic E-state index is 0.167. The monoisotopic (exact) mass is 253 g/mol. The number of hydrogen-bond acceptors (Lipinski definition) is 2. The summed E-state index contributed by atoms with van der Waals surface area (Å²) in [6, 6.07) is 0. The van der Waals surface area contributed by atoms with Crippen LogP contribution in [0.25, 0.3) is 0 Å². The summed E-state index contributed by atoms with van der Waals surface area (Å²) in [6.07, 6.45) is 15.2. The highest BCUT2D eigenvalue weighted by atomic mass is 16.5. The van der Waals surface area contributed by atoms with Crippen molar-refractivity contribution in [3.8, 4) is 0 Å². The molecule has 2 aliphatic carbocycles. The van der Waals surface area contributed by atoms with Crippen molar-refractivity contribution in [3.05, 3.63) is 0 Å². The second-order valence-electron chi connectivity index (χ2n) is 6.30. The van der Waals surface area contributed by atoms with E-state index >= 15 is 0 Å². The molecule has 0 atom stereocenters. The van der Waals surface area contributed by atoms with Gasteiger partial charge in [0, 0.05) is 6.54 Å². The van der Waals surface area contributed by atoms with E-state index in [0.717, 1.165) is 13.1 Å². The Balaban J connectivity index is 1.90. The van der Waals surface area contributed by atoms with Gasteiger partial charge in [-0.2, -0.15) is 0 Å². The van der Waals surface area contributed by atoms with Crippen molar-refractivity contribution >= 4 is 0 Å². The lowest BCUT2D eigenvalue weighted by Crippen LogP contribution is -2.45. The smallest absolute Gasteiger partial charge is 0.0810 e. The van der Waals surface area contributed by atoms with E-state index in [0.29, 0.717) is 6.10 Å². The first kappa shape index (κ1) is 14.3. The summed E-state index contributed by atoms with van der Waals surface area (Å²) in [6.45, 7) is 4.46. The maximum atomic E-state index is 6.60. The van der Waals surface area contributed by atoms with E-state index < -0.39 is 0 Å². The van der Waals surface area contributed by atoms with Crippen LogP contribution in [-0.4, -0.2) is 24.8 Å². The Morgan fingerprint density at radius 2 is 1.67 bits per heavy atom. The summed E-state index contributed by atoms with van der Waals surface area (Å²) in [5, 5.41) is 3.62. The maximum absolute atomic E-state index is 6.60. The van der Waals surface area contributed by atoms with Crippen molar-refractivity contribution in [3.63, 3.8) is 0 Å². The predicted octanol–water partition coefficient (Wildman–Crippen LogP) is 4.04. The van der Waals surface area contributed by atoms with Crippen LogP contribution in [0.1, 0.15) is 77.6 Å². The van der Waals surface area contributed by atoms with E-state index in [1.54, 1.807) is 0 Å². The highest BCUT2D eigenvalue weighted by molar-refractivity contribution is 4.87. The van der Waals surface area contributed by atoms with Crippen LogP contribution in [0, 0.1) is 0 Å². The SMILES string of the molecule is CCCNCC1(OC2CCCC2)CCCCCC1. The molecule has 0 bridgehead atoms. The van der Waals surface area contributed by atoms with Crippen molar-refractivity contribution in [2.75, 3.05) is 13.1 Å². The van der Waals surface area contributed by atoms with Crippen molar-refractivity contribution in [1.82, 2.24) is 5.32 Å². The van der Waals surface area contributed by atoms with Crippen molar-refractivity contribution < 1.29 is 4.74 Å². The zero-order valence-corrected chi connectivity index (χ0v) is 12.2. The molecule has 18 heavy (non-hydrogen) atoms. The molecule has 2 nitrogen and oxygen atoms in total. The predicted molar refractivity (Wildman–Crippen MR) is 76.9 cm³/mol. The zero-order valence-electron chi connectivity index (χ0n) is 12.2. The van der Waals surface area contributed by atoms with E-state index in [9.17, 15) is 0 Å². The van der Waals surface area contributed by atoms with Crippen LogP contribution in [0.3, 0.4) is 0 Å². The molecule has 0 saturated heterocycles. The molecular formula is C16H31NO. The Labute approximate surface area is 113 Å². The van der Waals surface area contributed by atoms with E-state index in [4.69, 9.17) is 4.74 Å². The first-order valence-corrected chi connectivity index (χ1v) is 8.23. The topological polar surface area (TPSA) is 21.3 Å². The maximum Gasteiger partial charge on any atom is 0.0810 e. The third-order valence-corrected chi connectivity index (χ3v) is 4.61. The van der Waals surface area contributed by atoms with Crippen LogP contribution < -0.4 is 5.32 Å². The van der Waals surface area contributed by atoms with Gasteiger partial charge in [-0.15, -0.1) is 0 Å². The average molecular weight is 253 g/mol. The molecule has 0 radical (unpaired) electrons. The van der Waals surface area contributed by atoms with Gasteiger partial charge in [-0.05, 0) is 38.6 Å². The van der Waals surface area contributed by atoms with Crippen molar-refractivity contribution in [2.45, 2.75) is 89.3 Å². The Bertz CT molecular complexity index is 215. The minimum Gasteiger partial charge on any atom is -0.370 e. The molecule has 0 aromatic rings. The summed E-state index contributed by atoms with van der Waals surface area (Å²) in [5.74, 6) is 0. The molecule has 2 rings (SSSR count). The third kappa shape index (κ3) is 4.24. The number of ether oxygens (including phenoxy) is 1. The van der Waals surface area contributed by atoms with Gasteiger partial charge in [-0.25, -0.2) is 0 Å². The molecule has 2 heteroatoms. The second-order valence-corrected chi connectivity index (χ2v) is 6.30. The van der Waals surface area contributed by atoms with Crippen molar-refractivity contribution in [2.24, 2.45) is 0 Å². The quantitative estimate of drug-likeness (QED) is 0.570. The largest absolute Gasteiger partial charge is 0.370 e. The fraction of sp³-hybridized carbons (Fsp3) is 1.00. The first-order chi connectivity index (χ1) is 8.85. The van der Waals surface area contributed by atoms with Crippen LogP contribution in [-0.2, 0) is 4.74 Å². The molecule has 2 fully saturated rings. The summed E-state index contributed by atoms with van der Waals surface area (Å²) in [4.78, 5) is 0. The molecule has 0 aromatic heterocycles. The lowest BCUT2D eigenvalue weighted by molar-refractivity contribution is -0.0981. The number of hydrogen-bond donors (Lipinski definition) is 1. The standard InChI is InChI=1S/C16H31NO/c1-2-13-17-14-16(11-7-3-4-8-12-16)18-15-9-5-6-10-15/h15,17H,2-14H2,1H3. The minimum atomic E-state index is 0.167. The van der Waals surface area contributed by atoms with Crippen LogP contribution in [0.4, 0.5) is 0 Å². The molecule has 0 unspecified atom stereocenters. The van der Waals surface area contributed by atoms with E-state index in [-0.39, 0.29) is 5.60 Å². The fourth-order valence-electron chi connectivity index (χ4n) is 3.56. The second kappa shape index (κ2) is 7.49. The average Bonchev–Trinajstić information content (AvgIpc) is 2.76. The summed E-state index contributed by atoms with van der Waals surface area (Å²) in [7, 11) is 0. The first-order valence-electron chi connectivity index (χ1n) is 8.23. The van der Waals surface area contributed by atoms with E-state index in [1.165, 1.54) is 70.6 Å².